The molecule has 1 aromatic heterocycles. The number of fused-ring (bicyclic) bond motifs is 2. The van der Waals surface area contributed by atoms with Gasteiger partial charge in [0.25, 0.3) is 10.0 Å². The highest BCUT2D eigenvalue weighted by Gasteiger charge is 2.44. The molecule has 6 heteroatoms. The minimum absolute atomic E-state index is 0. The molecule has 0 bridgehead atoms. The summed E-state index contributed by atoms with van der Waals surface area (Å²) in [6.45, 7) is 3.79. The number of piperazine rings is 1. The van der Waals surface area contributed by atoms with Gasteiger partial charge in [0.1, 0.15) is 0 Å². The van der Waals surface area contributed by atoms with E-state index < -0.39 is 10.0 Å². The van der Waals surface area contributed by atoms with Gasteiger partial charge in [-0.15, -0.1) is 0 Å². The third-order valence-corrected chi connectivity index (χ3v) is 7.38. The molecule has 132 valence electrons. The number of nitrogens with zero attached hydrogens (tertiary/aromatic N) is 2. The highest BCUT2D eigenvalue weighted by Crippen LogP contribution is 2.49. The molecule has 25 heavy (non-hydrogen) atoms. The van der Waals surface area contributed by atoms with Crippen molar-refractivity contribution < 1.29 is 9.84 Å². The Bertz CT molecular complexity index is 1000. The summed E-state index contributed by atoms with van der Waals surface area (Å²) in [5, 5.41) is 4.36. The van der Waals surface area contributed by atoms with E-state index in [2.05, 4.69) is 22.4 Å². The first-order valence-electron chi connectivity index (χ1n) is 8.86. The molecule has 5 rings (SSSR count). The summed E-state index contributed by atoms with van der Waals surface area (Å²) in [5.74, 6) is 0.580. The summed E-state index contributed by atoms with van der Waals surface area (Å²) in [7, 11) is -3.50. The summed E-state index contributed by atoms with van der Waals surface area (Å²) in [4.78, 5) is 2.89. The number of hydrogen-bond donors (Lipinski definition) is 1. The molecule has 2 unspecified atom stereocenters. The van der Waals surface area contributed by atoms with Gasteiger partial charge in [0.05, 0.1) is 10.4 Å². The third-order valence-electron chi connectivity index (χ3n) is 5.51. The van der Waals surface area contributed by atoms with E-state index in [4.69, 9.17) is 0 Å². The van der Waals surface area contributed by atoms with Gasteiger partial charge in [-0.3, -0.25) is 0 Å². The fourth-order valence-electron chi connectivity index (χ4n) is 4.08. The minimum Gasteiger partial charge on any atom is -0.368 e. The molecule has 3 aliphatic rings. The Morgan fingerprint density at radius 3 is 2.84 bits per heavy atom. The van der Waals surface area contributed by atoms with E-state index in [0.717, 1.165) is 49.2 Å². The lowest BCUT2D eigenvalue weighted by Crippen LogP contribution is -2.43. The van der Waals surface area contributed by atoms with E-state index in [1.54, 1.807) is 12.3 Å². The lowest BCUT2D eigenvalue weighted by Gasteiger charge is -2.30. The zero-order valence-corrected chi connectivity index (χ0v) is 14.7. The van der Waals surface area contributed by atoms with Gasteiger partial charge in [-0.25, -0.2) is 12.4 Å². The third kappa shape index (κ3) is 2.35. The van der Waals surface area contributed by atoms with Crippen molar-refractivity contribution in [3.63, 3.8) is 0 Å². The number of rotatable bonds is 3. The van der Waals surface area contributed by atoms with Crippen LogP contribution in [-0.4, -0.2) is 38.6 Å². The molecule has 1 aliphatic heterocycles. The van der Waals surface area contributed by atoms with Crippen molar-refractivity contribution in [3.05, 3.63) is 53.6 Å². The SMILES string of the molecule is O=S(=O)(C1=CC=CC2CC12)n1ccc2c(N3CCNCC3)cccc21.[HH]. The van der Waals surface area contributed by atoms with Crippen LogP contribution in [0.5, 0.6) is 0 Å². The maximum Gasteiger partial charge on any atom is 0.264 e. The van der Waals surface area contributed by atoms with Gasteiger partial charge in [-0.2, -0.15) is 0 Å². The summed E-state index contributed by atoms with van der Waals surface area (Å²) in [6, 6.07) is 7.89. The monoisotopic (exact) mass is 357 g/mol. The predicted molar refractivity (Wildman–Crippen MR) is 102 cm³/mol. The molecule has 5 nitrogen and oxygen atoms in total. The van der Waals surface area contributed by atoms with Gasteiger partial charge in [0, 0.05) is 50.8 Å². The number of hydrogen-bond acceptors (Lipinski definition) is 4. The highest BCUT2D eigenvalue weighted by atomic mass is 32.2. The first-order valence-corrected chi connectivity index (χ1v) is 10.3. The van der Waals surface area contributed by atoms with Gasteiger partial charge in [0.15, 0.2) is 0 Å². The Kier molecular flexibility index (Phi) is 3.33. The molecular weight excluding hydrogens is 334 g/mol. The van der Waals surface area contributed by atoms with Crippen LogP contribution in [0.3, 0.4) is 0 Å². The van der Waals surface area contributed by atoms with Crippen LogP contribution in [-0.2, 0) is 10.0 Å². The number of aromatic nitrogens is 1. The second-order valence-corrected chi connectivity index (χ2v) is 8.84. The topological polar surface area (TPSA) is 54.3 Å². The van der Waals surface area contributed by atoms with E-state index in [9.17, 15) is 8.42 Å². The quantitative estimate of drug-likeness (QED) is 0.917. The van der Waals surface area contributed by atoms with E-state index in [1.807, 2.05) is 24.3 Å². The van der Waals surface area contributed by atoms with Crippen LogP contribution < -0.4 is 10.2 Å². The zero-order chi connectivity index (χ0) is 17.0. The highest BCUT2D eigenvalue weighted by molar-refractivity contribution is 7.94. The van der Waals surface area contributed by atoms with Gasteiger partial charge >= 0.3 is 0 Å². The number of anilines is 1. The van der Waals surface area contributed by atoms with Crippen LogP contribution in [0.15, 0.2) is 53.6 Å². The van der Waals surface area contributed by atoms with Crippen molar-refractivity contribution in [1.82, 2.24) is 9.29 Å². The number of allylic oxidation sites excluding steroid dienone is 4. The second kappa shape index (κ2) is 5.47. The van der Waals surface area contributed by atoms with Crippen molar-refractivity contribution in [2.24, 2.45) is 11.8 Å². The lowest BCUT2D eigenvalue weighted by molar-refractivity contribution is 0.590. The molecule has 0 spiro atoms. The molecule has 2 aromatic rings. The lowest BCUT2D eigenvalue weighted by atomic mass is 10.2. The van der Waals surface area contributed by atoms with E-state index in [0.29, 0.717) is 10.8 Å². The molecule has 2 aliphatic carbocycles. The van der Waals surface area contributed by atoms with Crippen LogP contribution in [0.25, 0.3) is 10.9 Å². The molecular formula is C19H23N3O2S. The minimum atomic E-state index is -3.50. The first-order chi connectivity index (χ1) is 12.2. The summed E-state index contributed by atoms with van der Waals surface area (Å²) in [6.07, 6.45) is 8.43. The Hall–Kier alpha value is -2.05. The maximum absolute atomic E-state index is 13.2. The fraction of sp³-hybridized carbons (Fsp3) is 0.368. The normalized spacial score (nSPS) is 25.8. The average molecular weight is 357 g/mol. The van der Waals surface area contributed by atoms with Crippen molar-refractivity contribution in [3.8, 4) is 0 Å². The van der Waals surface area contributed by atoms with Crippen molar-refractivity contribution in [2.75, 3.05) is 31.1 Å². The Labute approximate surface area is 149 Å². The molecule has 0 amide bonds. The van der Waals surface area contributed by atoms with Crippen LogP contribution in [0.2, 0.25) is 0 Å². The van der Waals surface area contributed by atoms with E-state index >= 15 is 0 Å². The maximum atomic E-state index is 13.2. The van der Waals surface area contributed by atoms with E-state index in [1.165, 1.54) is 3.97 Å². The molecule has 1 aromatic carbocycles. The standard InChI is InChI=1S/C19H21N3O2S.H2/c23-25(24,19-6-1-3-14-13-16(14)19)22-10-7-15-17(4-2-5-18(15)22)21-11-8-20-9-12-21;/h1-7,10,14,16,20H,8-9,11-13H2;1H. The molecule has 1 N–H and O–H groups in total. The molecule has 1 saturated carbocycles. The molecule has 2 atom stereocenters. The Morgan fingerprint density at radius 1 is 1.16 bits per heavy atom. The van der Waals surface area contributed by atoms with E-state index in [-0.39, 0.29) is 7.34 Å². The molecule has 2 fully saturated rings. The van der Waals surface area contributed by atoms with Crippen LogP contribution in [0.4, 0.5) is 5.69 Å². The Morgan fingerprint density at radius 2 is 2.00 bits per heavy atom. The molecule has 1 saturated heterocycles. The molecule has 0 radical (unpaired) electrons. The number of benzene rings is 1. The Balaban J connectivity index is 0.00000168. The van der Waals surface area contributed by atoms with Gasteiger partial charge < -0.3 is 10.2 Å². The number of nitrogens with one attached hydrogen (secondary N) is 1. The zero-order valence-electron chi connectivity index (χ0n) is 13.9. The van der Waals surface area contributed by atoms with Gasteiger partial charge in [-0.1, -0.05) is 18.2 Å². The molecule has 2 heterocycles. The summed E-state index contributed by atoms with van der Waals surface area (Å²) >= 11 is 0. The fourth-order valence-corrected chi connectivity index (χ4v) is 5.85. The van der Waals surface area contributed by atoms with Crippen molar-refractivity contribution in [1.29, 1.82) is 0 Å². The first kappa shape index (κ1) is 15.2. The smallest absolute Gasteiger partial charge is 0.264 e. The summed E-state index contributed by atoms with van der Waals surface area (Å²) in [5.41, 5.74) is 1.89. The van der Waals surface area contributed by atoms with Crippen LogP contribution in [0, 0.1) is 11.8 Å². The average Bonchev–Trinajstić information content (AvgIpc) is 3.30. The van der Waals surface area contributed by atoms with Crippen LogP contribution >= 0.6 is 0 Å². The summed E-state index contributed by atoms with van der Waals surface area (Å²) < 4.78 is 27.9. The largest absolute Gasteiger partial charge is 0.368 e. The van der Waals surface area contributed by atoms with Crippen LogP contribution in [0.1, 0.15) is 7.85 Å². The predicted octanol–water partition coefficient (Wildman–Crippen LogP) is 2.56. The van der Waals surface area contributed by atoms with Gasteiger partial charge in [0.2, 0.25) is 0 Å². The second-order valence-electron chi connectivity index (χ2n) is 7.02. The van der Waals surface area contributed by atoms with Gasteiger partial charge in [-0.05, 0) is 36.6 Å². The van der Waals surface area contributed by atoms with Crippen molar-refractivity contribution in [2.45, 2.75) is 6.42 Å². The van der Waals surface area contributed by atoms with Crippen molar-refractivity contribution >= 4 is 26.6 Å².